The SMILES string of the molecule is O=C(Nc1ccccc1C(=O)N/N=C\c1ccc(-c2cccc(C(F)(F)F)c2)o1)c1ccccc1. The molecule has 0 atom stereocenters. The zero-order valence-corrected chi connectivity index (χ0v) is 18.0. The molecule has 9 heteroatoms. The molecule has 3 aromatic carbocycles. The van der Waals surface area contributed by atoms with Gasteiger partial charge in [-0.05, 0) is 48.5 Å². The number of alkyl halides is 3. The largest absolute Gasteiger partial charge is 0.455 e. The molecule has 0 aliphatic carbocycles. The quantitative estimate of drug-likeness (QED) is 0.265. The molecule has 4 rings (SSSR count). The van der Waals surface area contributed by atoms with Gasteiger partial charge in [0.1, 0.15) is 11.5 Å². The Balaban J connectivity index is 1.43. The molecule has 2 N–H and O–H groups in total. The number of nitrogens with zero attached hydrogens (tertiary/aromatic N) is 1. The number of amides is 2. The van der Waals surface area contributed by atoms with Crippen LogP contribution in [-0.2, 0) is 6.18 Å². The highest BCUT2D eigenvalue weighted by Crippen LogP contribution is 2.32. The molecular weight excluding hydrogens is 459 g/mol. The Hall–Kier alpha value is -4.66. The van der Waals surface area contributed by atoms with Crippen molar-refractivity contribution in [1.29, 1.82) is 0 Å². The van der Waals surface area contributed by atoms with Gasteiger partial charge in [0.2, 0.25) is 0 Å². The van der Waals surface area contributed by atoms with E-state index in [0.29, 0.717) is 11.3 Å². The lowest BCUT2D eigenvalue weighted by Crippen LogP contribution is -2.21. The second kappa shape index (κ2) is 10.1. The van der Waals surface area contributed by atoms with Crippen LogP contribution in [0, 0.1) is 0 Å². The number of carbonyl (C=O) groups is 2. The highest BCUT2D eigenvalue weighted by atomic mass is 19.4. The van der Waals surface area contributed by atoms with E-state index < -0.39 is 17.6 Å². The van der Waals surface area contributed by atoms with Gasteiger partial charge in [-0.15, -0.1) is 0 Å². The van der Waals surface area contributed by atoms with E-state index in [1.165, 1.54) is 36.5 Å². The predicted octanol–water partition coefficient (Wildman–Crippen LogP) is 5.98. The lowest BCUT2D eigenvalue weighted by atomic mass is 10.1. The van der Waals surface area contributed by atoms with Gasteiger partial charge in [0.25, 0.3) is 11.8 Å². The van der Waals surface area contributed by atoms with Crippen LogP contribution in [0.15, 0.2) is 101 Å². The predicted molar refractivity (Wildman–Crippen MR) is 125 cm³/mol. The molecule has 2 amide bonds. The number of hydrogen-bond acceptors (Lipinski definition) is 4. The van der Waals surface area contributed by atoms with Crippen LogP contribution in [0.25, 0.3) is 11.3 Å². The van der Waals surface area contributed by atoms with Crippen molar-refractivity contribution in [1.82, 2.24) is 5.43 Å². The van der Waals surface area contributed by atoms with Crippen molar-refractivity contribution in [3.05, 3.63) is 113 Å². The van der Waals surface area contributed by atoms with E-state index >= 15 is 0 Å². The first-order valence-corrected chi connectivity index (χ1v) is 10.4. The molecule has 176 valence electrons. The number of para-hydroxylation sites is 1. The monoisotopic (exact) mass is 477 g/mol. The Kier molecular flexibility index (Phi) is 6.77. The van der Waals surface area contributed by atoms with Gasteiger partial charge in [-0.2, -0.15) is 18.3 Å². The number of carbonyl (C=O) groups excluding carboxylic acids is 2. The summed E-state index contributed by atoms with van der Waals surface area (Å²) in [6, 6.07) is 22.8. The van der Waals surface area contributed by atoms with Gasteiger partial charge in [0, 0.05) is 11.1 Å². The fourth-order valence-electron chi connectivity index (χ4n) is 3.22. The van der Waals surface area contributed by atoms with Gasteiger partial charge in [-0.3, -0.25) is 9.59 Å². The topological polar surface area (TPSA) is 83.7 Å². The summed E-state index contributed by atoms with van der Waals surface area (Å²) in [6.07, 6.45) is -3.24. The molecule has 0 radical (unpaired) electrons. The fourth-order valence-corrected chi connectivity index (χ4v) is 3.22. The molecule has 0 unspecified atom stereocenters. The fraction of sp³-hybridized carbons (Fsp3) is 0.0385. The summed E-state index contributed by atoms with van der Waals surface area (Å²) < 4.78 is 44.3. The number of rotatable bonds is 6. The normalized spacial score (nSPS) is 11.4. The first-order chi connectivity index (χ1) is 16.8. The van der Waals surface area contributed by atoms with Crippen molar-refractivity contribution < 1.29 is 27.2 Å². The molecule has 0 spiro atoms. The van der Waals surface area contributed by atoms with E-state index in [9.17, 15) is 22.8 Å². The van der Waals surface area contributed by atoms with Crippen LogP contribution < -0.4 is 10.7 Å². The van der Waals surface area contributed by atoms with Crippen LogP contribution >= 0.6 is 0 Å². The first kappa shape index (κ1) is 23.5. The average Bonchev–Trinajstić information content (AvgIpc) is 3.33. The molecule has 1 heterocycles. The molecule has 0 fully saturated rings. The molecule has 35 heavy (non-hydrogen) atoms. The van der Waals surface area contributed by atoms with Gasteiger partial charge in [0.15, 0.2) is 0 Å². The molecule has 0 aliphatic heterocycles. The number of hydrazone groups is 1. The molecule has 0 saturated heterocycles. The summed E-state index contributed by atoms with van der Waals surface area (Å²) in [7, 11) is 0. The maximum absolute atomic E-state index is 12.9. The Morgan fingerprint density at radius 1 is 0.829 bits per heavy atom. The summed E-state index contributed by atoms with van der Waals surface area (Å²) >= 11 is 0. The van der Waals surface area contributed by atoms with Gasteiger partial charge >= 0.3 is 6.18 Å². The Morgan fingerprint density at radius 2 is 1.57 bits per heavy atom. The number of hydrogen-bond donors (Lipinski definition) is 2. The highest BCUT2D eigenvalue weighted by molar-refractivity contribution is 6.09. The lowest BCUT2D eigenvalue weighted by Gasteiger charge is -2.10. The zero-order valence-electron chi connectivity index (χ0n) is 18.0. The van der Waals surface area contributed by atoms with E-state index in [4.69, 9.17) is 4.42 Å². The number of nitrogens with one attached hydrogen (secondary N) is 2. The van der Waals surface area contributed by atoms with Crippen molar-refractivity contribution in [2.45, 2.75) is 6.18 Å². The standard InChI is InChI=1S/C26H18F3N3O3/c27-26(28,29)19-10-6-9-18(15-19)23-14-13-20(35-23)16-30-32-25(34)21-11-4-5-12-22(21)31-24(33)17-7-2-1-3-8-17/h1-16H,(H,31,33)(H,32,34)/b30-16-. The summed E-state index contributed by atoms with van der Waals surface area (Å²) in [5, 5.41) is 6.55. The molecule has 6 nitrogen and oxygen atoms in total. The third-order valence-corrected chi connectivity index (χ3v) is 4.91. The minimum atomic E-state index is -4.46. The van der Waals surface area contributed by atoms with Crippen LogP contribution in [0.4, 0.5) is 18.9 Å². The second-order valence-electron chi connectivity index (χ2n) is 7.35. The second-order valence-corrected chi connectivity index (χ2v) is 7.35. The maximum atomic E-state index is 12.9. The molecule has 0 saturated carbocycles. The van der Waals surface area contributed by atoms with E-state index in [2.05, 4.69) is 15.8 Å². The highest BCUT2D eigenvalue weighted by Gasteiger charge is 2.30. The third kappa shape index (κ3) is 5.83. The van der Waals surface area contributed by atoms with E-state index in [1.54, 1.807) is 48.5 Å². The van der Waals surface area contributed by atoms with Crippen LogP contribution in [0.2, 0.25) is 0 Å². The smallest absolute Gasteiger partial charge is 0.416 e. The third-order valence-electron chi connectivity index (χ3n) is 4.91. The summed E-state index contributed by atoms with van der Waals surface area (Å²) in [6.45, 7) is 0. The van der Waals surface area contributed by atoms with Gasteiger partial charge in [-0.1, -0.05) is 42.5 Å². The molecule has 0 bridgehead atoms. The van der Waals surface area contributed by atoms with Crippen molar-refractivity contribution >= 4 is 23.7 Å². The lowest BCUT2D eigenvalue weighted by molar-refractivity contribution is -0.137. The van der Waals surface area contributed by atoms with Crippen LogP contribution in [0.5, 0.6) is 0 Å². The Morgan fingerprint density at radius 3 is 2.34 bits per heavy atom. The van der Waals surface area contributed by atoms with E-state index in [-0.39, 0.29) is 28.6 Å². The van der Waals surface area contributed by atoms with Crippen LogP contribution in [0.1, 0.15) is 32.0 Å². The summed E-state index contributed by atoms with van der Waals surface area (Å²) in [5.74, 6) is -0.497. The number of benzene rings is 3. The number of anilines is 1. The molecule has 1 aromatic heterocycles. The maximum Gasteiger partial charge on any atom is 0.416 e. The van der Waals surface area contributed by atoms with Gasteiger partial charge in [-0.25, -0.2) is 5.43 Å². The van der Waals surface area contributed by atoms with E-state index in [1.807, 2.05) is 0 Å². The minimum absolute atomic E-state index is 0.193. The first-order valence-electron chi connectivity index (χ1n) is 10.4. The summed E-state index contributed by atoms with van der Waals surface area (Å²) in [5.41, 5.74) is 2.76. The number of furan rings is 1. The van der Waals surface area contributed by atoms with Crippen molar-refractivity contribution in [2.24, 2.45) is 5.10 Å². The summed E-state index contributed by atoms with van der Waals surface area (Å²) in [4.78, 5) is 25.1. The van der Waals surface area contributed by atoms with Crippen molar-refractivity contribution in [2.75, 3.05) is 5.32 Å². The van der Waals surface area contributed by atoms with Crippen LogP contribution in [-0.4, -0.2) is 18.0 Å². The minimum Gasteiger partial charge on any atom is -0.455 e. The van der Waals surface area contributed by atoms with Crippen LogP contribution in [0.3, 0.4) is 0 Å². The zero-order chi connectivity index (χ0) is 24.8. The van der Waals surface area contributed by atoms with Crippen molar-refractivity contribution in [3.63, 3.8) is 0 Å². The average molecular weight is 477 g/mol. The van der Waals surface area contributed by atoms with Gasteiger partial charge in [0.05, 0.1) is 23.0 Å². The molecule has 4 aromatic rings. The molecular formula is C26H18F3N3O3. The Labute approximate surface area is 198 Å². The molecule has 0 aliphatic rings. The van der Waals surface area contributed by atoms with Gasteiger partial charge < -0.3 is 9.73 Å². The Bertz CT molecular complexity index is 1380. The van der Waals surface area contributed by atoms with E-state index in [0.717, 1.165) is 12.1 Å². The number of halogens is 3. The van der Waals surface area contributed by atoms with Crippen molar-refractivity contribution in [3.8, 4) is 11.3 Å².